The molecule has 0 spiro atoms. The number of amidine groups is 1. The highest BCUT2D eigenvalue weighted by Gasteiger charge is 2.26. The molecule has 0 saturated carbocycles. The smallest absolute Gasteiger partial charge is 0.269 e. The van der Waals surface area contributed by atoms with Crippen LogP contribution in [0, 0.1) is 5.41 Å². The third-order valence-corrected chi connectivity index (χ3v) is 6.59. The van der Waals surface area contributed by atoms with Crippen LogP contribution in [-0.2, 0) is 16.6 Å². The van der Waals surface area contributed by atoms with Crippen LogP contribution in [0.5, 0.6) is 0 Å². The Bertz CT molecular complexity index is 990. The van der Waals surface area contributed by atoms with Crippen molar-refractivity contribution >= 4 is 38.7 Å². The number of amides is 1. The summed E-state index contributed by atoms with van der Waals surface area (Å²) in [5.41, 5.74) is 4.65. The van der Waals surface area contributed by atoms with E-state index in [9.17, 15) is 13.2 Å². The summed E-state index contributed by atoms with van der Waals surface area (Å²) in [4.78, 5) is 12.7. The van der Waals surface area contributed by atoms with E-state index in [1.165, 1.54) is 21.4 Å². The number of hydrazine groups is 1. The van der Waals surface area contributed by atoms with Gasteiger partial charge in [0, 0.05) is 24.2 Å². The van der Waals surface area contributed by atoms with Crippen molar-refractivity contribution < 1.29 is 13.2 Å². The average molecular weight is 467 g/mol. The lowest BCUT2D eigenvalue weighted by Gasteiger charge is -2.20. The van der Waals surface area contributed by atoms with Crippen molar-refractivity contribution in [3.8, 4) is 0 Å². The topological polar surface area (TPSA) is 93.6 Å². The summed E-state index contributed by atoms with van der Waals surface area (Å²) in [6.07, 6.45) is 0. The van der Waals surface area contributed by atoms with E-state index in [2.05, 4.69) is 5.43 Å². The minimum Gasteiger partial charge on any atom is -0.283 e. The molecule has 1 heterocycles. The molecule has 2 aromatic rings. The molecular formula is C19H23BrN4O3S. The molecule has 2 aromatic carbocycles. The summed E-state index contributed by atoms with van der Waals surface area (Å²) in [6, 6.07) is 13.4. The second-order valence-corrected chi connectivity index (χ2v) is 8.09. The highest BCUT2D eigenvalue weighted by Crippen LogP contribution is 2.21. The molecule has 0 radical (unpaired) electrons. The van der Waals surface area contributed by atoms with Crippen LogP contribution in [0.15, 0.2) is 53.4 Å². The number of fused-ring (bicyclic) bond motifs is 1. The molecule has 2 N–H and O–H groups in total. The van der Waals surface area contributed by atoms with Crippen molar-refractivity contribution in [3.63, 3.8) is 0 Å². The Morgan fingerprint density at radius 3 is 2.46 bits per heavy atom. The maximum Gasteiger partial charge on any atom is 0.269 e. The van der Waals surface area contributed by atoms with E-state index < -0.39 is 15.9 Å². The van der Waals surface area contributed by atoms with E-state index in [1.807, 2.05) is 24.3 Å². The highest BCUT2D eigenvalue weighted by atomic mass is 79.9. The summed E-state index contributed by atoms with van der Waals surface area (Å²) in [5.74, 6) is -0.241. The van der Waals surface area contributed by atoms with Crippen LogP contribution in [0.3, 0.4) is 0 Å². The molecule has 1 amide bonds. The van der Waals surface area contributed by atoms with E-state index in [0.717, 1.165) is 11.1 Å². The molecule has 0 bridgehead atoms. The molecule has 150 valence electrons. The Morgan fingerprint density at radius 1 is 1.14 bits per heavy atom. The molecule has 28 heavy (non-hydrogen) atoms. The summed E-state index contributed by atoms with van der Waals surface area (Å²) in [5, 5.41) is 9.66. The van der Waals surface area contributed by atoms with Gasteiger partial charge < -0.3 is 0 Å². The van der Waals surface area contributed by atoms with Gasteiger partial charge in [-0.05, 0) is 23.8 Å². The normalized spacial score (nSPS) is 13.2. The fraction of sp³-hybridized carbons (Fsp3) is 0.263. The number of halogens is 1. The summed E-state index contributed by atoms with van der Waals surface area (Å²) in [7, 11) is -3.64. The average Bonchev–Trinajstić information content (AvgIpc) is 2.98. The third-order valence-electron chi connectivity index (χ3n) is 4.55. The molecule has 9 heteroatoms. The van der Waals surface area contributed by atoms with Gasteiger partial charge in [-0.1, -0.05) is 44.2 Å². The number of benzene rings is 2. The van der Waals surface area contributed by atoms with E-state index in [1.54, 1.807) is 26.0 Å². The monoisotopic (exact) mass is 466 g/mol. The van der Waals surface area contributed by atoms with Crippen LogP contribution in [-0.4, -0.2) is 42.6 Å². The zero-order valence-electron chi connectivity index (χ0n) is 15.7. The predicted octanol–water partition coefficient (Wildman–Crippen LogP) is 2.78. The van der Waals surface area contributed by atoms with Crippen LogP contribution >= 0.6 is 17.0 Å². The molecule has 0 aliphatic carbocycles. The number of nitrogens with zero attached hydrogens (tertiary/aromatic N) is 2. The van der Waals surface area contributed by atoms with E-state index in [-0.39, 0.29) is 33.3 Å². The fourth-order valence-electron chi connectivity index (χ4n) is 3.08. The Balaban J connectivity index is 0.00000280. The van der Waals surface area contributed by atoms with Crippen LogP contribution in [0.25, 0.3) is 0 Å². The minimum atomic E-state index is -3.64. The molecule has 0 fully saturated rings. The van der Waals surface area contributed by atoms with Crippen molar-refractivity contribution in [1.29, 1.82) is 5.41 Å². The van der Waals surface area contributed by atoms with Gasteiger partial charge in [0.1, 0.15) is 5.84 Å². The molecule has 0 saturated heterocycles. The first-order chi connectivity index (χ1) is 12.9. The molecule has 1 aliphatic heterocycles. The lowest BCUT2D eigenvalue weighted by molar-refractivity contribution is 0.0869. The van der Waals surface area contributed by atoms with Gasteiger partial charge in [-0.15, -0.1) is 17.0 Å². The standard InChI is InChI=1S/C19H22N4O3S.BrH/c1-3-22(4-2)27(25,26)16-10-7-9-14(12-16)19(24)21-23-13-15-8-5-6-11-17(15)18(23)20;/h5-12,20H,3-4,13H2,1-2H3,(H,21,24);1H. The van der Waals surface area contributed by atoms with Gasteiger partial charge in [0.15, 0.2) is 0 Å². The molecule has 0 aromatic heterocycles. The minimum absolute atomic E-state index is 0. The van der Waals surface area contributed by atoms with Gasteiger partial charge in [-0.3, -0.25) is 20.6 Å². The first-order valence-corrected chi connectivity index (χ1v) is 10.2. The lowest BCUT2D eigenvalue weighted by atomic mass is 10.1. The van der Waals surface area contributed by atoms with E-state index in [0.29, 0.717) is 19.6 Å². The highest BCUT2D eigenvalue weighted by molar-refractivity contribution is 8.93. The second kappa shape index (κ2) is 8.85. The number of carbonyl (C=O) groups excluding carboxylic acids is 1. The SMILES string of the molecule is Br.CCN(CC)S(=O)(=O)c1cccc(C(=O)NN2Cc3ccccc3C2=N)c1. The summed E-state index contributed by atoms with van der Waals surface area (Å²) in [6.45, 7) is 4.66. The van der Waals surface area contributed by atoms with Gasteiger partial charge in [-0.25, -0.2) is 8.42 Å². The predicted molar refractivity (Wildman–Crippen MR) is 113 cm³/mol. The number of rotatable bonds is 6. The third kappa shape index (κ3) is 4.11. The van der Waals surface area contributed by atoms with Crippen LogP contribution < -0.4 is 5.43 Å². The zero-order chi connectivity index (χ0) is 19.6. The second-order valence-electron chi connectivity index (χ2n) is 6.15. The van der Waals surface area contributed by atoms with Gasteiger partial charge in [-0.2, -0.15) is 4.31 Å². The van der Waals surface area contributed by atoms with E-state index >= 15 is 0 Å². The molecular weight excluding hydrogens is 444 g/mol. The van der Waals surface area contributed by atoms with Gasteiger partial charge in [0.25, 0.3) is 5.91 Å². The molecule has 0 unspecified atom stereocenters. The maximum atomic E-state index is 12.7. The van der Waals surface area contributed by atoms with Crippen LogP contribution in [0.2, 0.25) is 0 Å². The first-order valence-electron chi connectivity index (χ1n) is 8.74. The van der Waals surface area contributed by atoms with Crippen molar-refractivity contribution in [2.75, 3.05) is 13.1 Å². The fourth-order valence-corrected chi connectivity index (χ4v) is 4.58. The largest absolute Gasteiger partial charge is 0.283 e. The molecule has 1 aliphatic rings. The Morgan fingerprint density at radius 2 is 1.82 bits per heavy atom. The lowest BCUT2D eigenvalue weighted by Crippen LogP contribution is -2.42. The summed E-state index contributed by atoms with van der Waals surface area (Å²) >= 11 is 0. The number of sulfonamides is 1. The number of nitrogens with one attached hydrogen (secondary N) is 2. The van der Waals surface area contributed by atoms with Crippen LogP contribution in [0.1, 0.15) is 35.3 Å². The Hall–Kier alpha value is -2.23. The van der Waals surface area contributed by atoms with E-state index in [4.69, 9.17) is 5.41 Å². The first kappa shape index (κ1) is 22.1. The van der Waals surface area contributed by atoms with Crippen molar-refractivity contribution in [1.82, 2.24) is 14.7 Å². The number of hydrogen-bond donors (Lipinski definition) is 2. The Kier molecular flexibility index (Phi) is 6.97. The zero-order valence-corrected chi connectivity index (χ0v) is 18.2. The van der Waals surface area contributed by atoms with Gasteiger partial charge >= 0.3 is 0 Å². The molecule has 0 atom stereocenters. The molecule has 3 rings (SSSR count). The van der Waals surface area contributed by atoms with Crippen molar-refractivity contribution in [3.05, 3.63) is 65.2 Å². The number of carbonyl (C=O) groups is 1. The van der Waals surface area contributed by atoms with Gasteiger partial charge in [0.2, 0.25) is 10.0 Å². The van der Waals surface area contributed by atoms with Crippen LogP contribution in [0.4, 0.5) is 0 Å². The van der Waals surface area contributed by atoms with Crippen molar-refractivity contribution in [2.24, 2.45) is 0 Å². The molecule has 7 nitrogen and oxygen atoms in total. The number of hydrogen-bond acceptors (Lipinski definition) is 4. The quantitative estimate of drug-likeness (QED) is 0.684. The Labute approximate surface area is 175 Å². The summed E-state index contributed by atoms with van der Waals surface area (Å²) < 4.78 is 26.7. The van der Waals surface area contributed by atoms with Gasteiger partial charge in [0.05, 0.1) is 11.4 Å². The van der Waals surface area contributed by atoms with Crippen molar-refractivity contribution in [2.45, 2.75) is 25.3 Å². The maximum absolute atomic E-state index is 12.7.